The Bertz CT molecular complexity index is 1240. The van der Waals surface area contributed by atoms with Crippen LogP contribution in [-0.4, -0.2) is 105 Å². The van der Waals surface area contributed by atoms with Gasteiger partial charge in [-0.05, 0) is 56.6 Å². The van der Waals surface area contributed by atoms with Crippen LogP contribution in [0.4, 0.5) is 11.5 Å². The highest BCUT2D eigenvalue weighted by Gasteiger charge is 2.32. The third kappa shape index (κ3) is 8.07. The van der Waals surface area contributed by atoms with Crippen LogP contribution in [0.15, 0.2) is 30.3 Å². The number of pyridine rings is 1. The highest BCUT2D eigenvalue weighted by molar-refractivity contribution is 6.33. The molecule has 3 heterocycles. The highest BCUT2D eigenvalue weighted by Crippen LogP contribution is 2.26. The number of nitrogen functional groups attached to an aromatic ring is 1. The Morgan fingerprint density at radius 3 is 2.46 bits per heavy atom. The average molecular weight is 589 g/mol. The summed E-state index contributed by atoms with van der Waals surface area (Å²) in [4.78, 5) is 46.4. The minimum Gasteiger partial charge on any atom is -0.480 e. The molecule has 0 saturated carbocycles. The number of carbonyl (C=O) groups excluding carboxylic acids is 3. The van der Waals surface area contributed by atoms with Crippen LogP contribution in [0.3, 0.4) is 0 Å². The van der Waals surface area contributed by atoms with Crippen LogP contribution in [0.25, 0.3) is 0 Å². The number of rotatable bonds is 9. The van der Waals surface area contributed by atoms with E-state index in [9.17, 15) is 14.4 Å². The lowest BCUT2D eigenvalue weighted by Gasteiger charge is -2.37. The third-order valence-corrected chi connectivity index (χ3v) is 7.68. The lowest BCUT2D eigenvalue weighted by atomic mass is 10.0. The van der Waals surface area contributed by atoms with Gasteiger partial charge >= 0.3 is 5.97 Å². The second kappa shape index (κ2) is 13.9. The molecule has 4 rings (SSSR count). The number of hydrogen-bond acceptors (Lipinski definition) is 10. The fraction of sp³-hybridized carbons (Fsp3) is 0.500. The molecular weight excluding hydrogens is 552 g/mol. The van der Waals surface area contributed by atoms with Crippen LogP contribution in [0, 0.1) is 0 Å². The van der Waals surface area contributed by atoms with E-state index in [1.807, 2.05) is 4.90 Å². The third-order valence-electron chi connectivity index (χ3n) is 7.38. The van der Waals surface area contributed by atoms with E-state index in [4.69, 9.17) is 31.5 Å². The number of nitrogens with one attached hydrogen (secondary N) is 2. The number of likely N-dealkylation sites (tertiary alicyclic amines) is 2. The van der Waals surface area contributed by atoms with Crippen molar-refractivity contribution in [2.24, 2.45) is 0 Å². The molecule has 2 atom stereocenters. The zero-order valence-corrected chi connectivity index (χ0v) is 24.3. The Morgan fingerprint density at radius 2 is 1.80 bits per heavy atom. The predicted octanol–water partition coefficient (Wildman–Crippen LogP) is 2.03. The molecule has 0 radical (unpaired) electrons. The quantitative estimate of drug-likeness (QED) is 0.372. The maximum Gasteiger partial charge on any atom is 0.338 e. The fourth-order valence-electron chi connectivity index (χ4n) is 4.99. The van der Waals surface area contributed by atoms with Crippen molar-refractivity contribution in [1.82, 2.24) is 20.1 Å². The van der Waals surface area contributed by atoms with E-state index in [1.165, 1.54) is 13.2 Å². The first-order valence-electron chi connectivity index (χ1n) is 13.5. The summed E-state index contributed by atoms with van der Waals surface area (Å²) in [7, 11) is 5.02. The van der Waals surface area contributed by atoms with E-state index in [0.29, 0.717) is 30.8 Å². The maximum atomic E-state index is 13.0. The van der Waals surface area contributed by atoms with Gasteiger partial charge in [-0.1, -0.05) is 11.6 Å². The molecule has 0 aliphatic carbocycles. The topological polar surface area (TPSA) is 148 Å². The number of nitrogens with zero attached hydrogens (tertiary/aromatic N) is 3. The van der Waals surface area contributed by atoms with Gasteiger partial charge in [-0.25, -0.2) is 4.79 Å². The predicted molar refractivity (Wildman–Crippen MR) is 154 cm³/mol. The van der Waals surface area contributed by atoms with Crippen LogP contribution >= 0.6 is 11.6 Å². The Balaban J connectivity index is 1.26. The van der Waals surface area contributed by atoms with Crippen LogP contribution in [-0.2, 0) is 14.3 Å². The number of nitrogens with two attached hydrogens (primary N) is 1. The van der Waals surface area contributed by atoms with Gasteiger partial charge in [0.15, 0.2) is 0 Å². The molecule has 0 unspecified atom stereocenters. The van der Waals surface area contributed by atoms with E-state index in [-0.39, 0.29) is 59.0 Å². The number of anilines is 2. The SMILES string of the molecule is COc1nc(N)c(Cl)cc1C(=O)N[C@H]1CCN(CC(=O)Nc2ccc(C(=O)OC3CCN(C)CC3)cc2)C[C@H]1OC. The number of ether oxygens (including phenoxy) is 3. The molecular formula is C28H37ClN6O6. The van der Waals surface area contributed by atoms with Crippen molar-refractivity contribution in [2.75, 3.05) is 65.0 Å². The molecule has 1 aromatic carbocycles. The van der Waals surface area contributed by atoms with Crippen molar-refractivity contribution >= 4 is 40.9 Å². The molecule has 41 heavy (non-hydrogen) atoms. The van der Waals surface area contributed by atoms with Crippen molar-refractivity contribution in [3.8, 4) is 5.88 Å². The molecule has 2 aliphatic heterocycles. The number of benzene rings is 1. The minimum absolute atomic E-state index is 0.0671. The summed E-state index contributed by atoms with van der Waals surface area (Å²) in [6.07, 6.45) is 1.80. The van der Waals surface area contributed by atoms with Crippen molar-refractivity contribution < 1.29 is 28.6 Å². The van der Waals surface area contributed by atoms with E-state index in [1.54, 1.807) is 31.4 Å². The van der Waals surface area contributed by atoms with Crippen molar-refractivity contribution in [3.63, 3.8) is 0 Å². The summed E-state index contributed by atoms with van der Waals surface area (Å²) in [5, 5.41) is 5.99. The van der Waals surface area contributed by atoms with Crippen molar-refractivity contribution in [2.45, 2.75) is 37.5 Å². The van der Waals surface area contributed by atoms with Crippen LogP contribution in [0.1, 0.15) is 40.0 Å². The van der Waals surface area contributed by atoms with E-state index in [2.05, 4.69) is 27.6 Å². The summed E-state index contributed by atoms with van der Waals surface area (Å²) in [5.74, 6) is -0.811. The molecule has 13 heteroatoms. The average Bonchev–Trinajstić information content (AvgIpc) is 2.96. The van der Waals surface area contributed by atoms with Gasteiger partial charge in [0.2, 0.25) is 11.8 Å². The number of amides is 2. The Labute approximate surface area is 244 Å². The summed E-state index contributed by atoms with van der Waals surface area (Å²) in [6, 6.07) is 7.81. The second-order valence-corrected chi connectivity index (χ2v) is 10.7. The van der Waals surface area contributed by atoms with Gasteiger partial charge in [0.1, 0.15) is 17.5 Å². The van der Waals surface area contributed by atoms with E-state index in [0.717, 1.165) is 25.9 Å². The first-order valence-corrected chi connectivity index (χ1v) is 13.9. The Morgan fingerprint density at radius 1 is 1.10 bits per heavy atom. The number of piperidine rings is 2. The first-order chi connectivity index (χ1) is 19.7. The highest BCUT2D eigenvalue weighted by atomic mass is 35.5. The summed E-state index contributed by atoms with van der Waals surface area (Å²) in [5.41, 5.74) is 6.92. The number of hydrogen-bond donors (Lipinski definition) is 3. The first kappa shape index (κ1) is 30.5. The Hall–Kier alpha value is -3.45. The summed E-state index contributed by atoms with van der Waals surface area (Å²) >= 11 is 6.06. The van der Waals surface area contributed by atoms with Gasteiger partial charge in [0.05, 0.1) is 36.4 Å². The molecule has 0 spiro atoms. The molecule has 2 fully saturated rings. The summed E-state index contributed by atoms with van der Waals surface area (Å²) in [6.45, 7) is 2.97. The van der Waals surface area contributed by atoms with Crippen LogP contribution < -0.4 is 21.1 Å². The summed E-state index contributed by atoms with van der Waals surface area (Å²) < 4.78 is 16.5. The molecule has 2 aromatic rings. The van der Waals surface area contributed by atoms with E-state index < -0.39 is 5.91 Å². The van der Waals surface area contributed by atoms with Gasteiger partial charge in [-0.2, -0.15) is 4.98 Å². The smallest absolute Gasteiger partial charge is 0.338 e. The standard InChI is InChI=1S/C28H37ClN6O6/c1-34-11-8-19(9-12-34)41-28(38)17-4-6-18(7-5-17)31-24(36)16-35-13-10-22(23(15-35)39-2)32-26(37)20-14-21(29)25(30)33-27(20)40-3/h4-7,14,19,22-23H,8-13,15-16H2,1-3H3,(H2,30,33)(H,31,36)(H,32,37)/t22-,23+/m0/s1. The molecule has 4 N–H and O–H groups in total. The molecule has 1 aromatic heterocycles. The van der Waals surface area contributed by atoms with Gasteiger partial charge in [-0.3, -0.25) is 14.5 Å². The lowest BCUT2D eigenvalue weighted by Crippen LogP contribution is -2.55. The Kier molecular flexibility index (Phi) is 10.4. The fourth-order valence-corrected chi connectivity index (χ4v) is 5.14. The monoisotopic (exact) mass is 588 g/mol. The van der Waals surface area contributed by atoms with Crippen molar-refractivity contribution in [3.05, 3.63) is 46.5 Å². The lowest BCUT2D eigenvalue weighted by molar-refractivity contribution is -0.118. The molecule has 2 amide bonds. The zero-order chi connectivity index (χ0) is 29.5. The second-order valence-electron chi connectivity index (χ2n) is 10.3. The number of methoxy groups -OCH3 is 2. The number of halogens is 1. The van der Waals surface area contributed by atoms with Gasteiger partial charge in [-0.15, -0.1) is 0 Å². The largest absolute Gasteiger partial charge is 0.480 e. The molecule has 12 nitrogen and oxygen atoms in total. The van der Waals surface area contributed by atoms with Crippen LogP contribution in [0.5, 0.6) is 5.88 Å². The maximum absolute atomic E-state index is 13.0. The van der Waals surface area contributed by atoms with Gasteiger partial charge < -0.3 is 35.5 Å². The molecule has 222 valence electrons. The normalized spacial score (nSPS) is 20.3. The number of esters is 1. The van der Waals surface area contributed by atoms with Crippen LogP contribution in [0.2, 0.25) is 5.02 Å². The molecule has 0 bridgehead atoms. The number of carbonyl (C=O) groups is 3. The van der Waals surface area contributed by atoms with Gasteiger partial charge in [0.25, 0.3) is 5.91 Å². The zero-order valence-electron chi connectivity index (χ0n) is 23.5. The minimum atomic E-state index is -0.409. The molecule has 2 saturated heterocycles. The number of aromatic nitrogens is 1. The van der Waals surface area contributed by atoms with Gasteiger partial charge in [0, 0.05) is 39.0 Å². The molecule has 2 aliphatic rings. The van der Waals surface area contributed by atoms with E-state index >= 15 is 0 Å². The van der Waals surface area contributed by atoms with Crippen molar-refractivity contribution in [1.29, 1.82) is 0 Å².